The molecule has 0 bridgehead atoms. The smallest absolute Gasteiger partial charge is 0.382 e. The standard InChI is InChI=1S/C17H18O6/c1-3-4-5-6-10-21-12-8-7-9-13-14(12)16(22-11(2)18)15(19)17(20)23-13/h4-5,7-9,19H,3,6,10H2,1-2H3/b5-4+. The van der Waals surface area contributed by atoms with Gasteiger partial charge in [-0.25, -0.2) is 4.79 Å². The molecule has 1 N–H and O–H groups in total. The summed E-state index contributed by atoms with van der Waals surface area (Å²) in [7, 11) is 0. The summed E-state index contributed by atoms with van der Waals surface area (Å²) in [4.78, 5) is 22.9. The quantitative estimate of drug-likeness (QED) is 0.381. The number of carbonyl (C=O) groups excluding carboxylic acids is 1. The van der Waals surface area contributed by atoms with Crippen molar-refractivity contribution in [3.63, 3.8) is 0 Å². The molecule has 2 aromatic rings. The van der Waals surface area contributed by atoms with E-state index in [4.69, 9.17) is 13.9 Å². The molecule has 23 heavy (non-hydrogen) atoms. The van der Waals surface area contributed by atoms with Crippen LogP contribution < -0.4 is 15.1 Å². The van der Waals surface area contributed by atoms with E-state index < -0.39 is 17.3 Å². The van der Waals surface area contributed by atoms with Gasteiger partial charge >= 0.3 is 11.6 Å². The van der Waals surface area contributed by atoms with E-state index in [-0.39, 0.29) is 16.7 Å². The van der Waals surface area contributed by atoms with Crippen LogP contribution in [0, 0.1) is 0 Å². The fourth-order valence-corrected chi connectivity index (χ4v) is 2.06. The molecule has 6 heteroatoms. The van der Waals surface area contributed by atoms with Gasteiger partial charge in [-0.3, -0.25) is 4.79 Å². The zero-order valence-corrected chi connectivity index (χ0v) is 13.0. The van der Waals surface area contributed by atoms with Gasteiger partial charge in [-0.15, -0.1) is 0 Å². The van der Waals surface area contributed by atoms with E-state index in [0.29, 0.717) is 18.8 Å². The van der Waals surface area contributed by atoms with Crippen molar-refractivity contribution in [1.29, 1.82) is 0 Å². The highest BCUT2D eigenvalue weighted by Gasteiger charge is 2.20. The van der Waals surface area contributed by atoms with E-state index >= 15 is 0 Å². The predicted octanol–water partition coefficient (Wildman–Crippen LogP) is 3.16. The molecular formula is C17H18O6. The van der Waals surface area contributed by atoms with E-state index in [2.05, 4.69) is 0 Å². The fourth-order valence-electron chi connectivity index (χ4n) is 2.06. The molecule has 6 nitrogen and oxygen atoms in total. The monoisotopic (exact) mass is 318 g/mol. The summed E-state index contributed by atoms with van der Waals surface area (Å²) in [5, 5.41) is 10.1. The molecule has 1 heterocycles. The number of allylic oxidation sites excluding steroid dienone is 1. The van der Waals surface area contributed by atoms with Crippen molar-refractivity contribution in [2.45, 2.75) is 26.7 Å². The first-order chi connectivity index (χ1) is 11.0. The molecule has 122 valence electrons. The highest BCUT2D eigenvalue weighted by molar-refractivity contribution is 5.93. The van der Waals surface area contributed by atoms with Crippen LogP contribution in [-0.2, 0) is 4.79 Å². The molecule has 0 spiro atoms. The number of ether oxygens (including phenoxy) is 2. The van der Waals surface area contributed by atoms with Gasteiger partial charge in [-0.05, 0) is 25.0 Å². The number of fused-ring (bicyclic) bond motifs is 1. The van der Waals surface area contributed by atoms with E-state index in [1.54, 1.807) is 12.1 Å². The van der Waals surface area contributed by atoms with Gasteiger partial charge in [0.2, 0.25) is 5.75 Å². The number of hydrogen-bond acceptors (Lipinski definition) is 6. The molecule has 0 radical (unpaired) electrons. The Hall–Kier alpha value is -2.76. The maximum absolute atomic E-state index is 11.6. The molecule has 0 aliphatic carbocycles. The van der Waals surface area contributed by atoms with Gasteiger partial charge in [-0.1, -0.05) is 25.1 Å². The number of benzene rings is 1. The second-order valence-electron chi connectivity index (χ2n) is 4.81. The van der Waals surface area contributed by atoms with E-state index in [0.717, 1.165) is 6.42 Å². The van der Waals surface area contributed by atoms with Crippen LogP contribution in [0.5, 0.6) is 17.2 Å². The van der Waals surface area contributed by atoms with Gasteiger partial charge in [0.15, 0.2) is 5.75 Å². The first-order valence-corrected chi connectivity index (χ1v) is 7.29. The number of hydrogen-bond donors (Lipinski definition) is 1. The fraction of sp³-hybridized carbons (Fsp3) is 0.294. The summed E-state index contributed by atoms with van der Waals surface area (Å²) in [6.07, 6.45) is 5.68. The highest BCUT2D eigenvalue weighted by atomic mass is 16.5. The van der Waals surface area contributed by atoms with Crippen LogP contribution in [0.3, 0.4) is 0 Å². The summed E-state index contributed by atoms with van der Waals surface area (Å²) >= 11 is 0. The van der Waals surface area contributed by atoms with Gasteiger partial charge in [0, 0.05) is 6.92 Å². The number of aromatic hydroxyl groups is 1. The number of rotatable bonds is 6. The molecule has 2 rings (SSSR count). The third kappa shape index (κ3) is 3.91. The molecule has 0 saturated carbocycles. The van der Waals surface area contributed by atoms with Crippen LogP contribution in [0.15, 0.2) is 39.6 Å². The molecule has 0 aliphatic rings. The molecule has 0 unspecified atom stereocenters. The Morgan fingerprint density at radius 1 is 1.35 bits per heavy atom. The van der Waals surface area contributed by atoms with E-state index in [9.17, 15) is 14.7 Å². The minimum Gasteiger partial charge on any atom is -0.499 e. The van der Waals surface area contributed by atoms with Crippen LogP contribution in [0.4, 0.5) is 0 Å². The lowest BCUT2D eigenvalue weighted by Crippen LogP contribution is -2.08. The second kappa shape index (κ2) is 7.49. The van der Waals surface area contributed by atoms with Crippen LogP contribution in [-0.4, -0.2) is 17.7 Å². The Kier molecular flexibility index (Phi) is 5.41. The largest absolute Gasteiger partial charge is 0.499 e. The second-order valence-corrected chi connectivity index (χ2v) is 4.81. The number of esters is 1. The van der Waals surface area contributed by atoms with Crippen LogP contribution >= 0.6 is 0 Å². The van der Waals surface area contributed by atoms with Crippen molar-refractivity contribution in [2.24, 2.45) is 0 Å². The molecule has 0 saturated heterocycles. The van der Waals surface area contributed by atoms with E-state index in [1.165, 1.54) is 13.0 Å². The van der Waals surface area contributed by atoms with E-state index in [1.807, 2.05) is 19.1 Å². The maximum atomic E-state index is 11.6. The number of carbonyl (C=O) groups is 1. The SMILES string of the molecule is CC/C=C/CCOc1cccc2oc(=O)c(O)c(OC(C)=O)c12. The Morgan fingerprint density at radius 3 is 2.83 bits per heavy atom. The Balaban J connectivity index is 2.44. The summed E-state index contributed by atoms with van der Waals surface area (Å²) in [5.41, 5.74) is -0.803. The molecular weight excluding hydrogens is 300 g/mol. The third-order valence-electron chi connectivity index (χ3n) is 3.02. The summed E-state index contributed by atoms with van der Waals surface area (Å²) < 4.78 is 15.7. The lowest BCUT2D eigenvalue weighted by molar-refractivity contribution is -0.131. The van der Waals surface area contributed by atoms with Gasteiger partial charge in [0.25, 0.3) is 0 Å². The van der Waals surface area contributed by atoms with Crippen molar-refractivity contribution >= 4 is 16.9 Å². The van der Waals surface area contributed by atoms with Crippen LogP contribution in [0.25, 0.3) is 11.0 Å². The van der Waals surface area contributed by atoms with Crippen LogP contribution in [0.1, 0.15) is 26.7 Å². The lowest BCUT2D eigenvalue weighted by Gasteiger charge is -2.11. The topological polar surface area (TPSA) is 86.0 Å². The zero-order chi connectivity index (χ0) is 16.8. The highest BCUT2D eigenvalue weighted by Crippen LogP contribution is 2.38. The normalized spacial score (nSPS) is 11.0. The summed E-state index contributed by atoms with van der Waals surface area (Å²) in [6, 6.07) is 4.84. The van der Waals surface area contributed by atoms with Crippen molar-refractivity contribution in [3.8, 4) is 17.2 Å². The van der Waals surface area contributed by atoms with Crippen molar-refractivity contribution < 1.29 is 23.8 Å². The average molecular weight is 318 g/mol. The van der Waals surface area contributed by atoms with Crippen molar-refractivity contribution in [2.75, 3.05) is 6.61 Å². The van der Waals surface area contributed by atoms with Gasteiger partial charge < -0.3 is 19.0 Å². The average Bonchev–Trinajstić information content (AvgIpc) is 2.51. The van der Waals surface area contributed by atoms with Gasteiger partial charge in [-0.2, -0.15) is 0 Å². The van der Waals surface area contributed by atoms with Crippen molar-refractivity contribution in [3.05, 3.63) is 40.8 Å². The Labute approximate surface area is 132 Å². The van der Waals surface area contributed by atoms with Gasteiger partial charge in [0.05, 0.1) is 6.61 Å². The molecule has 1 aromatic heterocycles. The molecule has 0 fully saturated rings. The lowest BCUT2D eigenvalue weighted by atomic mass is 10.2. The third-order valence-corrected chi connectivity index (χ3v) is 3.02. The molecule has 0 aliphatic heterocycles. The minimum absolute atomic E-state index is 0.172. The van der Waals surface area contributed by atoms with Crippen molar-refractivity contribution in [1.82, 2.24) is 0 Å². The molecule has 1 aromatic carbocycles. The predicted molar refractivity (Wildman–Crippen MR) is 85.0 cm³/mol. The molecule has 0 atom stereocenters. The summed E-state index contributed by atoms with van der Waals surface area (Å²) in [6.45, 7) is 3.62. The Bertz CT molecular complexity index is 788. The molecule has 0 amide bonds. The zero-order valence-electron chi connectivity index (χ0n) is 13.0. The van der Waals surface area contributed by atoms with Gasteiger partial charge in [0.1, 0.15) is 16.7 Å². The maximum Gasteiger partial charge on any atom is 0.382 e. The first kappa shape index (κ1) is 16.6. The minimum atomic E-state index is -0.975. The summed E-state index contributed by atoms with van der Waals surface area (Å²) in [5.74, 6) is -1.30. The Morgan fingerprint density at radius 2 is 2.13 bits per heavy atom. The first-order valence-electron chi connectivity index (χ1n) is 7.29. The van der Waals surface area contributed by atoms with Crippen LogP contribution in [0.2, 0.25) is 0 Å².